The first-order valence-electron chi connectivity index (χ1n) is 7.80. The summed E-state index contributed by atoms with van der Waals surface area (Å²) in [7, 11) is 0. The van der Waals surface area contributed by atoms with E-state index >= 15 is 0 Å². The van der Waals surface area contributed by atoms with Crippen LogP contribution < -0.4 is 9.64 Å². The van der Waals surface area contributed by atoms with E-state index < -0.39 is 11.4 Å². The number of hydrogen-bond acceptors (Lipinski definition) is 6. The Morgan fingerprint density at radius 3 is 2.29 bits per heavy atom. The largest absolute Gasteiger partial charge is 0.453 e. The van der Waals surface area contributed by atoms with E-state index in [1.54, 1.807) is 0 Å². The van der Waals surface area contributed by atoms with Crippen LogP contribution in [0.4, 0.5) is 11.4 Å². The zero-order valence-electron chi connectivity index (χ0n) is 12.7. The van der Waals surface area contributed by atoms with Gasteiger partial charge in [0.05, 0.1) is 30.6 Å². The number of nitrogens with zero attached hydrogens (tertiary/aromatic N) is 1. The van der Waals surface area contributed by atoms with Crippen molar-refractivity contribution in [3.05, 3.63) is 48.5 Å². The molecule has 0 aromatic heterocycles. The van der Waals surface area contributed by atoms with Crippen LogP contribution >= 0.6 is 0 Å². The molecule has 4 atom stereocenters. The second-order valence-electron chi connectivity index (χ2n) is 5.91. The second kappa shape index (κ2) is 5.56. The Hall–Kier alpha value is -1.93. The van der Waals surface area contributed by atoms with E-state index in [-0.39, 0.29) is 18.2 Å². The van der Waals surface area contributed by atoms with Crippen molar-refractivity contribution in [1.29, 1.82) is 0 Å². The Balaban J connectivity index is 1.63. The van der Waals surface area contributed by atoms with Crippen molar-refractivity contribution >= 4 is 22.7 Å². The van der Waals surface area contributed by atoms with Gasteiger partial charge in [-0.05, 0) is 24.3 Å². The Kier molecular flexibility index (Phi) is 3.34. The van der Waals surface area contributed by atoms with Gasteiger partial charge in [-0.25, -0.2) is 0 Å². The van der Waals surface area contributed by atoms with Gasteiger partial charge >= 0.3 is 11.4 Å². The number of rotatable bonds is 1. The van der Waals surface area contributed by atoms with Gasteiger partial charge < -0.3 is 14.4 Å². The summed E-state index contributed by atoms with van der Waals surface area (Å²) in [6.07, 6.45) is -0.648. The molecule has 0 amide bonds. The molecule has 0 bridgehead atoms. The number of ether oxygens (including phenoxy) is 2. The molecule has 2 aromatic rings. The molecule has 3 aliphatic rings. The smallest absolute Gasteiger partial charge is 0.305 e. The molecule has 0 N–H and O–H groups in total. The van der Waals surface area contributed by atoms with E-state index in [1.807, 2.05) is 48.5 Å². The lowest BCUT2D eigenvalue weighted by molar-refractivity contribution is -0.0329. The summed E-state index contributed by atoms with van der Waals surface area (Å²) in [5.41, 5.74) is 1.87. The normalized spacial score (nSPS) is 30.9. The molecule has 0 aliphatic carbocycles. The predicted octanol–water partition coefficient (Wildman–Crippen LogP) is 2.69. The minimum atomic E-state index is -1.72. The molecule has 24 heavy (non-hydrogen) atoms. The van der Waals surface area contributed by atoms with Gasteiger partial charge in [0.25, 0.3) is 0 Å². The average Bonchev–Trinajstić information content (AvgIpc) is 3.00. The van der Waals surface area contributed by atoms with Gasteiger partial charge in [-0.15, -0.1) is 0 Å². The van der Waals surface area contributed by atoms with Gasteiger partial charge in [-0.1, -0.05) is 24.3 Å². The number of hydrogen-bond donors (Lipinski definition) is 0. The molecule has 3 unspecified atom stereocenters. The fourth-order valence-electron chi connectivity index (χ4n) is 3.48. The van der Waals surface area contributed by atoms with E-state index in [4.69, 9.17) is 17.8 Å². The first-order valence-corrected chi connectivity index (χ1v) is 8.80. The molecule has 0 saturated carbocycles. The Morgan fingerprint density at radius 1 is 0.917 bits per heavy atom. The molecule has 6 nitrogen and oxygen atoms in total. The van der Waals surface area contributed by atoms with E-state index in [2.05, 4.69) is 4.90 Å². The summed E-state index contributed by atoms with van der Waals surface area (Å²) in [6.45, 7) is 0.852. The monoisotopic (exact) mass is 345 g/mol. The lowest BCUT2D eigenvalue weighted by atomic mass is 9.99. The molecule has 3 aliphatic heterocycles. The van der Waals surface area contributed by atoms with Gasteiger partial charge in [0.15, 0.2) is 11.5 Å². The van der Waals surface area contributed by atoms with Crippen LogP contribution in [-0.4, -0.2) is 35.7 Å². The molecule has 0 radical (unpaired) electrons. The van der Waals surface area contributed by atoms with Gasteiger partial charge in [-0.3, -0.25) is 8.37 Å². The van der Waals surface area contributed by atoms with Gasteiger partial charge in [0, 0.05) is 0 Å². The SMILES string of the molecule is O=S1OC2C(N3c4ccccc4Oc4ccccc43)COC[C@H]2O1. The fourth-order valence-corrected chi connectivity index (χ4v) is 4.32. The van der Waals surface area contributed by atoms with Crippen LogP contribution in [0.15, 0.2) is 48.5 Å². The van der Waals surface area contributed by atoms with Crippen molar-refractivity contribution in [2.24, 2.45) is 0 Å². The van der Waals surface area contributed by atoms with Crippen molar-refractivity contribution in [3.63, 3.8) is 0 Å². The molecule has 7 heteroatoms. The van der Waals surface area contributed by atoms with Gasteiger partial charge in [0.1, 0.15) is 12.2 Å². The Labute approximate surface area is 141 Å². The van der Waals surface area contributed by atoms with Crippen molar-refractivity contribution in [3.8, 4) is 11.5 Å². The van der Waals surface area contributed by atoms with Crippen LogP contribution in [0.3, 0.4) is 0 Å². The number of benzene rings is 2. The third-order valence-corrected chi connectivity index (χ3v) is 5.29. The first kappa shape index (κ1) is 14.4. The van der Waals surface area contributed by atoms with Crippen molar-refractivity contribution in [2.45, 2.75) is 18.2 Å². The van der Waals surface area contributed by atoms with Crippen molar-refractivity contribution in [1.82, 2.24) is 0 Å². The Morgan fingerprint density at radius 2 is 1.58 bits per heavy atom. The molecular weight excluding hydrogens is 330 g/mol. The lowest BCUT2D eigenvalue weighted by Crippen LogP contribution is -2.54. The van der Waals surface area contributed by atoms with Crippen LogP contribution in [0.2, 0.25) is 0 Å². The topological polar surface area (TPSA) is 57.2 Å². The van der Waals surface area contributed by atoms with E-state index in [9.17, 15) is 4.21 Å². The number of para-hydroxylation sites is 4. The highest BCUT2D eigenvalue weighted by Crippen LogP contribution is 2.48. The fraction of sp³-hybridized carbons (Fsp3) is 0.294. The molecule has 2 saturated heterocycles. The minimum absolute atomic E-state index is 0.151. The number of fused-ring (bicyclic) bond motifs is 3. The molecule has 3 heterocycles. The number of anilines is 2. The van der Waals surface area contributed by atoms with Crippen LogP contribution in [0.25, 0.3) is 0 Å². The first-order chi connectivity index (χ1) is 11.8. The van der Waals surface area contributed by atoms with E-state index in [1.165, 1.54) is 0 Å². The third-order valence-electron chi connectivity index (χ3n) is 4.51. The van der Waals surface area contributed by atoms with E-state index in [0.29, 0.717) is 13.2 Å². The maximum absolute atomic E-state index is 11.7. The highest BCUT2D eigenvalue weighted by atomic mass is 32.2. The van der Waals surface area contributed by atoms with Crippen molar-refractivity contribution < 1.29 is 22.0 Å². The quantitative estimate of drug-likeness (QED) is 0.792. The molecule has 5 rings (SSSR count). The highest BCUT2D eigenvalue weighted by molar-refractivity contribution is 7.75. The second-order valence-corrected chi connectivity index (χ2v) is 6.71. The summed E-state index contributed by atoms with van der Waals surface area (Å²) in [5, 5.41) is 0. The molecular formula is C17H15NO5S. The standard InChI is InChI=1S/C17H15NO5S/c19-24-22-16-10-20-9-13(17(16)23-24)18-11-5-1-3-7-14(11)21-15-8-4-2-6-12(15)18/h1-8,13,16-17H,9-10H2/t13?,16-,17?,24?/m1/s1. The molecule has 2 fully saturated rings. The highest BCUT2D eigenvalue weighted by Gasteiger charge is 2.48. The maximum Gasteiger partial charge on any atom is 0.305 e. The lowest BCUT2D eigenvalue weighted by Gasteiger charge is -2.42. The van der Waals surface area contributed by atoms with Crippen LogP contribution in [-0.2, 0) is 24.5 Å². The maximum atomic E-state index is 11.7. The molecule has 2 aromatic carbocycles. The van der Waals surface area contributed by atoms with Gasteiger partial charge in [-0.2, -0.15) is 4.21 Å². The Bertz CT molecular complexity index is 768. The summed E-state index contributed by atoms with van der Waals surface area (Å²) in [6, 6.07) is 15.5. The van der Waals surface area contributed by atoms with E-state index in [0.717, 1.165) is 22.9 Å². The zero-order chi connectivity index (χ0) is 16.1. The predicted molar refractivity (Wildman–Crippen MR) is 87.6 cm³/mol. The summed E-state index contributed by atoms with van der Waals surface area (Å²) in [5.74, 6) is 1.55. The van der Waals surface area contributed by atoms with Crippen LogP contribution in [0.5, 0.6) is 11.5 Å². The average molecular weight is 345 g/mol. The summed E-state index contributed by atoms with van der Waals surface area (Å²) >= 11 is -1.72. The van der Waals surface area contributed by atoms with Crippen LogP contribution in [0, 0.1) is 0 Å². The summed E-state index contributed by atoms with van der Waals surface area (Å²) < 4.78 is 34.3. The molecule has 124 valence electrons. The summed E-state index contributed by atoms with van der Waals surface area (Å²) in [4.78, 5) is 2.15. The van der Waals surface area contributed by atoms with Crippen LogP contribution in [0.1, 0.15) is 0 Å². The third kappa shape index (κ3) is 2.16. The molecule has 0 spiro atoms. The van der Waals surface area contributed by atoms with Gasteiger partial charge in [0.2, 0.25) is 0 Å². The zero-order valence-corrected chi connectivity index (χ0v) is 13.5. The van der Waals surface area contributed by atoms with Crippen molar-refractivity contribution in [2.75, 3.05) is 18.1 Å². The minimum Gasteiger partial charge on any atom is -0.453 e.